The van der Waals surface area contributed by atoms with E-state index in [1.807, 2.05) is 29.0 Å². The Balaban J connectivity index is 1.50. The molecule has 22 heavy (non-hydrogen) atoms. The topological polar surface area (TPSA) is 80.0 Å². The summed E-state index contributed by atoms with van der Waals surface area (Å²) < 4.78 is 5.32. The Morgan fingerprint density at radius 1 is 1.23 bits per heavy atom. The summed E-state index contributed by atoms with van der Waals surface area (Å²) in [5.41, 5.74) is 0.671. The third-order valence-corrected chi connectivity index (χ3v) is 4.94. The Morgan fingerprint density at radius 3 is 2.91 bits per heavy atom. The lowest BCUT2D eigenvalue weighted by atomic mass is 10.3. The molecule has 0 aliphatic heterocycles. The lowest BCUT2D eigenvalue weighted by Crippen LogP contribution is -2.18. The van der Waals surface area contributed by atoms with Gasteiger partial charge in [0.1, 0.15) is 4.88 Å². The van der Waals surface area contributed by atoms with Crippen LogP contribution in [0.25, 0.3) is 10.8 Å². The zero-order valence-corrected chi connectivity index (χ0v) is 13.0. The summed E-state index contributed by atoms with van der Waals surface area (Å²) in [5, 5.41) is 14.2. The molecule has 0 unspecified atom stereocenters. The van der Waals surface area contributed by atoms with Crippen LogP contribution in [-0.2, 0) is 0 Å². The predicted molar refractivity (Wildman–Crippen MR) is 86.5 cm³/mol. The fourth-order valence-electron chi connectivity index (χ4n) is 2.02. The minimum atomic E-state index is -0.288. The average molecular weight is 332 g/mol. The Hall–Kier alpha value is -2.19. The normalized spacial score (nSPS) is 14.0. The van der Waals surface area contributed by atoms with E-state index in [4.69, 9.17) is 4.52 Å². The first-order valence-electron chi connectivity index (χ1n) is 6.82. The van der Waals surface area contributed by atoms with Crippen molar-refractivity contribution in [3.63, 3.8) is 0 Å². The largest absolute Gasteiger partial charge is 0.333 e. The number of nitrogens with one attached hydrogen (secondary N) is 2. The number of thiophene rings is 2. The van der Waals surface area contributed by atoms with Gasteiger partial charge in [0.2, 0.25) is 0 Å². The number of rotatable bonds is 4. The molecule has 0 spiro atoms. The maximum absolute atomic E-state index is 12.0. The number of hydrogen-bond acceptors (Lipinski definition) is 6. The van der Waals surface area contributed by atoms with Gasteiger partial charge in [-0.25, -0.2) is 4.79 Å². The number of carbonyl (C=O) groups is 1. The van der Waals surface area contributed by atoms with Crippen molar-refractivity contribution in [1.29, 1.82) is 0 Å². The summed E-state index contributed by atoms with van der Waals surface area (Å²) in [6, 6.07) is 5.27. The van der Waals surface area contributed by atoms with Crippen molar-refractivity contribution in [2.75, 3.05) is 10.6 Å². The molecule has 112 valence electrons. The quantitative estimate of drug-likeness (QED) is 0.743. The molecule has 1 fully saturated rings. The van der Waals surface area contributed by atoms with Gasteiger partial charge in [-0.15, -0.1) is 22.7 Å². The summed E-state index contributed by atoms with van der Waals surface area (Å²) in [5.74, 6) is 1.66. The van der Waals surface area contributed by atoms with Crippen LogP contribution in [0.3, 0.4) is 0 Å². The third-order valence-electron chi connectivity index (χ3n) is 3.25. The molecule has 8 heteroatoms. The fourth-order valence-corrected chi connectivity index (χ4v) is 3.41. The second kappa shape index (κ2) is 5.54. The van der Waals surface area contributed by atoms with Crippen molar-refractivity contribution in [2.45, 2.75) is 18.8 Å². The molecular formula is C14H12N4O2S2. The van der Waals surface area contributed by atoms with Crippen LogP contribution in [0.4, 0.5) is 15.5 Å². The van der Waals surface area contributed by atoms with Crippen molar-refractivity contribution in [1.82, 2.24) is 10.1 Å². The van der Waals surface area contributed by atoms with E-state index in [2.05, 4.69) is 20.8 Å². The van der Waals surface area contributed by atoms with Crippen LogP contribution in [0.5, 0.6) is 0 Å². The number of urea groups is 1. The molecule has 0 atom stereocenters. The molecule has 0 radical (unpaired) electrons. The number of amides is 2. The average Bonchev–Trinajstić information content (AvgIpc) is 2.95. The molecule has 4 rings (SSSR count). The molecule has 2 amide bonds. The van der Waals surface area contributed by atoms with Crippen molar-refractivity contribution >= 4 is 39.4 Å². The molecule has 1 aliphatic carbocycles. The first-order valence-corrected chi connectivity index (χ1v) is 8.58. The van der Waals surface area contributed by atoms with Gasteiger partial charge in [-0.1, -0.05) is 5.16 Å². The second-order valence-electron chi connectivity index (χ2n) is 4.95. The number of aromatic nitrogens is 2. The zero-order chi connectivity index (χ0) is 14.9. The highest BCUT2D eigenvalue weighted by atomic mass is 32.1. The van der Waals surface area contributed by atoms with Gasteiger partial charge in [-0.05, 0) is 41.8 Å². The molecule has 0 bridgehead atoms. The van der Waals surface area contributed by atoms with E-state index in [9.17, 15) is 4.79 Å². The van der Waals surface area contributed by atoms with Crippen LogP contribution >= 0.6 is 22.7 Å². The van der Waals surface area contributed by atoms with Gasteiger partial charge in [0.15, 0.2) is 5.82 Å². The first-order chi connectivity index (χ1) is 10.8. The van der Waals surface area contributed by atoms with Gasteiger partial charge in [0.25, 0.3) is 5.89 Å². The highest BCUT2D eigenvalue weighted by Gasteiger charge is 2.29. The Bertz CT molecular complexity index is 789. The van der Waals surface area contributed by atoms with E-state index in [0.29, 0.717) is 17.5 Å². The van der Waals surface area contributed by atoms with Crippen LogP contribution in [0.2, 0.25) is 0 Å². The van der Waals surface area contributed by atoms with E-state index in [1.54, 1.807) is 0 Å². The molecule has 1 saturated carbocycles. The Morgan fingerprint density at radius 2 is 2.14 bits per heavy atom. The van der Waals surface area contributed by atoms with Crippen molar-refractivity contribution in [3.05, 3.63) is 34.8 Å². The van der Waals surface area contributed by atoms with Crippen molar-refractivity contribution in [3.8, 4) is 10.8 Å². The highest BCUT2D eigenvalue weighted by molar-refractivity contribution is 7.14. The third kappa shape index (κ3) is 2.75. The lowest BCUT2D eigenvalue weighted by Gasteiger charge is -2.05. The number of nitrogens with zero attached hydrogens (tertiary/aromatic N) is 2. The van der Waals surface area contributed by atoms with Crippen LogP contribution < -0.4 is 10.6 Å². The van der Waals surface area contributed by atoms with E-state index in [-0.39, 0.29) is 6.03 Å². The molecule has 3 aromatic heterocycles. The lowest BCUT2D eigenvalue weighted by molar-refractivity contribution is 0.262. The second-order valence-corrected chi connectivity index (χ2v) is 6.82. The zero-order valence-electron chi connectivity index (χ0n) is 11.4. The number of anilines is 2. The van der Waals surface area contributed by atoms with Crippen molar-refractivity contribution < 1.29 is 9.32 Å². The monoisotopic (exact) mass is 332 g/mol. The van der Waals surface area contributed by atoms with Crippen LogP contribution in [-0.4, -0.2) is 16.2 Å². The van der Waals surface area contributed by atoms with Crippen LogP contribution in [0.1, 0.15) is 24.6 Å². The van der Waals surface area contributed by atoms with Crippen molar-refractivity contribution in [2.24, 2.45) is 0 Å². The SMILES string of the molecule is O=C(Nc1cccs1)Nc1ccsc1-c1nc(C2CC2)no1. The minimum absolute atomic E-state index is 0.288. The smallest absolute Gasteiger partial charge is 0.324 e. The number of carbonyl (C=O) groups excluding carboxylic acids is 1. The molecule has 3 heterocycles. The molecule has 0 saturated heterocycles. The highest BCUT2D eigenvalue weighted by Crippen LogP contribution is 2.40. The van der Waals surface area contributed by atoms with E-state index < -0.39 is 0 Å². The summed E-state index contributed by atoms with van der Waals surface area (Å²) in [4.78, 5) is 17.2. The Kier molecular flexibility index (Phi) is 3.39. The molecule has 1 aliphatic rings. The summed E-state index contributed by atoms with van der Waals surface area (Å²) in [7, 11) is 0. The fraction of sp³-hybridized carbons (Fsp3) is 0.214. The van der Waals surface area contributed by atoms with Gasteiger partial charge in [0.05, 0.1) is 10.7 Å². The molecular weight excluding hydrogens is 320 g/mol. The van der Waals surface area contributed by atoms with Gasteiger partial charge in [-0.2, -0.15) is 4.98 Å². The van der Waals surface area contributed by atoms with Gasteiger partial charge in [-0.3, -0.25) is 5.32 Å². The maximum Gasteiger partial charge on any atom is 0.324 e. The Labute approximate surface area is 134 Å². The van der Waals surface area contributed by atoms with Gasteiger partial charge >= 0.3 is 6.03 Å². The molecule has 2 N–H and O–H groups in total. The molecule has 3 aromatic rings. The van der Waals surface area contributed by atoms with E-state index in [0.717, 1.165) is 28.5 Å². The summed E-state index contributed by atoms with van der Waals surface area (Å²) >= 11 is 2.93. The van der Waals surface area contributed by atoms with E-state index in [1.165, 1.54) is 22.7 Å². The standard InChI is InChI=1S/C14H12N4O2S2/c19-14(16-10-2-1-6-21-10)15-9-5-7-22-11(9)13-17-12(18-20-13)8-3-4-8/h1-2,5-8H,3-4H2,(H2,15,16,19). The van der Waals surface area contributed by atoms with Gasteiger partial charge < -0.3 is 9.84 Å². The minimum Gasteiger partial charge on any atom is -0.333 e. The first kappa shape index (κ1) is 13.5. The van der Waals surface area contributed by atoms with Crippen LogP contribution in [0.15, 0.2) is 33.5 Å². The summed E-state index contributed by atoms with van der Waals surface area (Å²) in [6.07, 6.45) is 2.25. The molecule has 0 aromatic carbocycles. The van der Waals surface area contributed by atoms with Gasteiger partial charge in [0, 0.05) is 5.92 Å². The van der Waals surface area contributed by atoms with E-state index >= 15 is 0 Å². The predicted octanol–water partition coefficient (Wildman–Crippen LogP) is 4.38. The maximum atomic E-state index is 12.0. The number of hydrogen-bond donors (Lipinski definition) is 2. The van der Waals surface area contributed by atoms with Crippen LogP contribution in [0, 0.1) is 0 Å². The molecule has 6 nitrogen and oxygen atoms in total. The summed E-state index contributed by atoms with van der Waals surface area (Å²) in [6.45, 7) is 0.